The molecule has 0 aliphatic rings. The van der Waals surface area contributed by atoms with E-state index in [9.17, 15) is 9.90 Å². The van der Waals surface area contributed by atoms with Gasteiger partial charge in [0.15, 0.2) is 5.65 Å². The Hall–Kier alpha value is -2.15. The summed E-state index contributed by atoms with van der Waals surface area (Å²) in [4.78, 5) is 15.5. The van der Waals surface area contributed by atoms with Crippen LogP contribution >= 0.6 is 0 Å². The summed E-state index contributed by atoms with van der Waals surface area (Å²) in [6.07, 6.45) is 2.28. The summed E-state index contributed by atoms with van der Waals surface area (Å²) in [5, 5.41) is 20.7. The Morgan fingerprint density at radius 3 is 2.85 bits per heavy atom. The van der Waals surface area contributed by atoms with E-state index < -0.39 is 5.97 Å². The maximum Gasteiger partial charge on any atom is 0.339 e. The van der Waals surface area contributed by atoms with Crippen LogP contribution in [0.15, 0.2) is 6.20 Å². The molecule has 0 atom stereocenters. The van der Waals surface area contributed by atoms with Gasteiger partial charge in [-0.05, 0) is 26.9 Å². The van der Waals surface area contributed by atoms with E-state index in [0.29, 0.717) is 17.9 Å². The summed E-state index contributed by atoms with van der Waals surface area (Å²) in [5.41, 5.74) is 2.24. The first kappa shape index (κ1) is 14.3. The predicted octanol–water partition coefficient (Wildman–Crippen LogP) is 0.996. The molecule has 0 saturated heterocycles. The summed E-state index contributed by atoms with van der Waals surface area (Å²) in [6.45, 7) is 3.42. The molecule has 0 fully saturated rings. The van der Waals surface area contributed by atoms with E-state index in [1.54, 1.807) is 11.7 Å². The van der Waals surface area contributed by atoms with Gasteiger partial charge in [0.25, 0.3) is 0 Å². The number of fused-ring (bicyclic) bond motifs is 1. The molecule has 0 radical (unpaired) electrons. The molecular weight excluding hydrogens is 258 g/mol. The van der Waals surface area contributed by atoms with Gasteiger partial charge in [-0.15, -0.1) is 0 Å². The van der Waals surface area contributed by atoms with Crippen LogP contribution in [0.2, 0.25) is 0 Å². The molecule has 20 heavy (non-hydrogen) atoms. The van der Waals surface area contributed by atoms with Crippen molar-refractivity contribution in [3.8, 4) is 0 Å². The number of aromatic nitrogens is 3. The summed E-state index contributed by atoms with van der Waals surface area (Å²) in [7, 11) is 3.69. The predicted molar refractivity (Wildman–Crippen MR) is 77.2 cm³/mol. The third kappa shape index (κ3) is 2.57. The van der Waals surface area contributed by atoms with Gasteiger partial charge < -0.3 is 15.7 Å². The zero-order valence-corrected chi connectivity index (χ0v) is 11.9. The molecule has 2 aromatic heterocycles. The summed E-state index contributed by atoms with van der Waals surface area (Å²) in [6, 6.07) is 0. The second kappa shape index (κ2) is 5.87. The molecule has 0 aliphatic carbocycles. The molecule has 0 aromatic carbocycles. The van der Waals surface area contributed by atoms with Crippen LogP contribution in [-0.2, 0) is 7.05 Å². The number of carboxylic acid groups (broad SMARTS) is 1. The van der Waals surface area contributed by atoms with Crippen LogP contribution in [0.1, 0.15) is 22.5 Å². The number of carboxylic acids is 1. The molecule has 2 heterocycles. The first-order valence-electron chi connectivity index (χ1n) is 6.50. The van der Waals surface area contributed by atoms with Gasteiger partial charge in [-0.1, -0.05) is 0 Å². The van der Waals surface area contributed by atoms with E-state index in [-0.39, 0.29) is 5.56 Å². The molecule has 0 aliphatic heterocycles. The monoisotopic (exact) mass is 277 g/mol. The van der Waals surface area contributed by atoms with E-state index >= 15 is 0 Å². The van der Waals surface area contributed by atoms with E-state index in [1.807, 2.05) is 14.0 Å². The molecule has 0 saturated carbocycles. The van der Waals surface area contributed by atoms with E-state index in [0.717, 1.165) is 24.0 Å². The Morgan fingerprint density at radius 2 is 2.20 bits per heavy atom. The van der Waals surface area contributed by atoms with Gasteiger partial charge >= 0.3 is 5.97 Å². The standard InChI is InChI=1S/C13H19N5O2/c1-8-10-11(15-6-4-5-14-2)9(13(19)20)7-16-12(10)18(3)17-8/h7,14H,4-6H2,1-3H3,(H,15,16)(H,19,20). The smallest absolute Gasteiger partial charge is 0.339 e. The second-order valence-corrected chi connectivity index (χ2v) is 4.64. The Balaban J connectivity index is 2.45. The number of aryl methyl sites for hydroxylation is 2. The van der Waals surface area contributed by atoms with Gasteiger partial charge in [0.05, 0.1) is 16.8 Å². The SMILES string of the molecule is CNCCCNc1c(C(=O)O)cnc2c1c(C)nn2C. The highest BCUT2D eigenvalue weighted by molar-refractivity contribution is 6.04. The van der Waals surface area contributed by atoms with Crippen molar-refractivity contribution < 1.29 is 9.90 Å². The fourth-order valence-corrected chi connectivity index (χ4v) is 2.24. The molecule has 2 rings (SSSR count). The van der Waals surface area contributed by atoms with Crippen LogP contribution in [-0.4, -0.2) is 46.0 Å². The molecule has 0 amide bonds. The lowest BCUT2D eigenvalue weighted by Crippen LogP contribution is -2.15. The first-order valence-corrected chi connectivity index (χ1v) is 6.50. The van der Waals surface area contributed by atoms with Gasteiger partial charge in [0, 0.05) is 19.8 Å². The number of pyridine rings is 1. The van der Waals surface area contributed by atoms with Crippen molar-refractivity contribution in [3.63, 3.8) is 0 Å². The fraction of sp³-hybridized carbons (Fsp3) is 0.462. The van der Waals surface area contributed by atoms with Crippen LogP contribution in [0.3, 0.4) is 0 Å². The van der Waals surface area contributed by atoms with Crippen LogP contribution in [0, 0.1) is 6.92 Å². The number of rotatable bonds is 6. The highest BCUT2D eigenvalue weighted by atomic mass is 16.4. The largest absolute Gasteiger partial charge is 0.478 e. The van der Waals surface area contributed by atoms with Crippen LogP contribution in [0.25, 0.3) is 11.0 Å². The van der Waals surface area contributed by atoms with Crippen molar-refractivity contribution in [2.45, 2.75) is 13.3 Å². The maximum absolute atomic E-state index is 11.4. The summed E-state index contributed by atoms with van der Waals surface area (Å²) in [5.74, 6) is -0.987. The van der Waals surface area contributed by atoms with Crippen molar-refractivity contribution in [2.24, 2.45) is 7.05 Å². The number of nitrogens with one attached hydrogen (secondary N) is 2. The Morgan fingerprint density at radius 1 is 1.45 bits per heavy atom. The van der Waals surface area contributed by atoms with Crippen molar-refractivity contribution in [1.29, 1.82) is 0 Å². The first-order chi connectivity index (χ1) is 9.56. The normalized spacial score (nSPS) is 10.9. The van der Waals surface area contributed by atoms with Crippen molar-refractivity contribution in [1.82, 2.24) is 20.1 Å². The van der Waals surface area contributed by atoms with Gasteiger partial charge in [-0.3, -0.25) is 4.68 Å². The zero-order valence-electron chi connectivity index (χ0n) is 11.9. The van der Waals surface area contributed by atoms with Gasteiger partial charge in [-0.2, -0.15) is 5.10 Å². The minimum absolute atomic E-state index is 0.179. The van der Waals surface area contributed by atoms with Crippen molar-refractivity contribution in [3.05, 3.63) is 17.5 Å². The molecule has 3 N–H and O–H groups in total. The third-order valence-electron chi connectivity index (χ3n) is 3.16. The lowest BCUT2D eigenvalue weighted by Gasteiger charge is -2.11. The van der Waals surface area contributed by atoms with Gasteiger partial charge in [0.1, 0.15) is 5.56 Å². The van der Waals surface area contributed by atoms with Crippen LogP contribution in [0.4, 0.5) is 5.69 Å². The Kier molecular flexibility index (Phi) is 4.19. The van der Waals surface area contributed by atoms with Gasteiger partial charge in [-0.25, -0.2) is 9.78 Å². The minimum Gasteiger partial charge on any atom is -0.478 e. The van der Waals surface area contributed by atoms with E-state index in [2.05, 4.69) is 20.7 Å². The number of hydrogen-bond acceptors (Lipinski definition) is 5. The molecule has 0 bridgehead atoms. The molecule has 0 unspecified atom stereocenters. The average molecular weight is 277 g/mol. The van der Waals surface area contributed by atoms with Crippen molar-refractivity contribution >= 4 is 22.7 Å². The summed E-state index contributed by atoms with van der Waals surface area (Å²) < 4.78 is 1.66. The zero-order chi connectivity index (χ0) is 14.7. The molecule has 7 heteroatoms. The second-order valence-electron chi connectivity index (χ2n) is 4.64. The molecule has 108 valence electrons. The number of carbonyl (C=O) groups is 1. The lowest BCUT2D eigenvalue weighted by atomic mass is 10.1. The Bertz CT molecular complexity index is 635. The fourth-order valence-electron chi connectivity index (χ4n) is 2.24. The van der Waals surface area contributed by atoms with Crippen molar-refractivity contribution in [2.75, 3.05) is 25.5 Å². The third-order valence-corrected chi connectivity index (χ3v) is 3.16. The van der Waals surface area contributed by atoms with E-state index in [1.165, 1.54) is 6.20 Å². The van der Waals surface area contributed by atoms with Crippen LogP contribution < -0.4 is 10.6 Å². The molecule has 2 aromatic rings. The number of hydrogen-bond donors (Lipinski definition) is 3. The lowest BCUT2D eigenvalue weighted by molar-refractivity contribution is 0.0697. The highest BCUT2D eigenvalue weighted by Gasteiger charge is 2.18. The van der Waals surface area contributed by atoms with Gasteiger partial charge in [0.2, 0.25) is 0 Å². The quantitative estimate of drug-likeness (QED) is 0.682. The molecule has 0 spiro atoms. The molecule has 7 nitrogen and oxygen atoms in total. The molecular formula is C13H19N5O2. The maximum atomic E-state index is 11.4. The van der Waals surface area contributed by atoms with E-state index in [4.69, 9.17) is 0 Å². The topological polar surface area (TPSA) is 92.1 Å². The summed E-state index contributed by atoms with van der Waals surface area (Å²) >= 11 is 0. The number of aromatic carboxylic acids is 1. The number of anilines is 1. The van der Waals surface area contributed by atoms with Crippen LogP contribution in [0.5, 0.6) is 0 Å². The Labute approximate surface area is 117 Å². The number of nitrogens with zero attached hydrogens (tertiary/aromatic N) is 3. The minimum atomic E-state index is -0.987. The average Bonchev–Trinajstić information content (AvgIpc) is 2.70. The highest BCUT2D eigenvalue weighted by Crippen LogP contribution is 2.28.